The number of hydrogen-bond donors (Lipinski definition) is 1. The van der Waals surface area contributed by atoms with Crippen molar-refractivity contribution in [2.45, 2.75) is 25.6 Å². The Bertz CT molecular complexity index is 1350. The van der Waals surface area contributed by atoms with E-state index in [9.17, 15) is 22.8 Å². The molecule has 3 aromatic rings. The summed E-state index contributed by atoms with van der Waals surface area (Å²) in [6.45, 7) is 0.416. The highest BCUT2D eigenvalue weighted by Gasteiger charge is 2.40. The van der Waals surface area contributed by atoms with Crippen LogP contribution < -0.4 is 10.1 Å². The maximum Gasteiger partial charge on any atom is 0.416 e. The average Bonchev–Trinajstić information content (AvgIpc) is 3.26. The van der Waals surface area contributed by atoms with Gasteiger partial charge in [-0.05, 0) is 41.5 Å². The highest BCUT2D eigenvalue weighted by molar-refractivity contribution is 6.30. The molecule has 1 aliphatic rings. The van der Waals surface area contributed by atoms with Crippen LogP contribution in [0.15, 0.2) is 90.4 Å². The Labute approximate surface area is 229 Å². The van der Waals surface area contributed by atoms with Crippen molar-refractivity contribution in [1.82, 2.24) is 20.0 Å². The van der Waals surface area contributed by atoms with Gasteiger partial charge in [0.1, 0.15) is 17.3 Å². The zero-order chi connectivity index (χ0) is 28.2. The fourth-order valence-electron chi connectivity index (χ4n) is 4.09. The van der Waals surface area contributed by atoms with Crippen molar-refractivity contribution >= 4 is 23.9 Å². The van der Waals surface area contributed by atoms with Crippen LogP contribution in [0, 0.1) is 0 Å². The first-order chi connectivity index (χ1) is 18.6. The smallest absolute Gasteiger partial charge is 0.416 e. The predicted octanol–water partition coefficient (Wildman–Crippen LogP) is 5.04. The van der Waals surface area contributed by atoms with Gasteiger partial charge in [-0.2, -0.15) is 13.2 Å². The zero-order valence-corrected chi connectivity index (χ0v) is 21.9. The Morgan fingerprint density at radius 3 is 2.36 bits per heavy atom. The number of halogens is 4. The molecule has 0 fully saturated rings. The highest BCUT2D eigenvalue weighted by atomic mass is 35.5. The lowest BCUT2D eigenvalue weighted by Gasteiger charge is -2.30. The number of carbonyl (C=O) groups excluding carboxylic acids is 2. The SMILES string of the molecule is CN(C=O)C1=C(C(=O)N(C)Cc2ccccc2)N(Cc2ccc(Cl)cc2)C(Oc2cccc(C(F)(F)F)c2)N1. The second-order valence-corrected chi connectivity index (χ2v) is 9.39. The lowest BCUT2D eigenvalue weighted by Crippen LogP contribution is -2.44. The molecule has 0 radical (unpaired) electrons. The summed E-state index contributed by atoms with van der Waals surface area (Å²) in [7, 11) is 3.09. The molecule has 1 heterocycles. The third-order valence-electron chi connectivity index (χ3n) is 6.05. The number of nitrogens with one attached hydrogen (secondary N) is 1. The molecular weight excluding hydrogens is 533 g/mol. The number of rotatable bonds is 9. The predicted molar refractivity (Wildman–Crippen MR) is 140 cm³/mol. The summed E-state index contributed by atoms with van der Waals surface area (Å²) < 4.78 is 46.0. The van der Waals surface area contributed by atoms with E-state index < -0.39 is 24.0 Å². The van der Waals surface area contributed by atoms with Crippen LogP contribution in [0.3, 0.4) is 0 Å². The minimum Gasteiger partial charge on any atom is -0.452 e. The summed E-state index contributed by atoms with van der Waals surface area (Å²) in [5.74, 6) is -0.331. The molecule has 1 atom stereocenters. The van der Waals surface area contributed by atoms with E-state index in [4.69, 9.17) is 16.3 Å². The molecule has 4 rings (SSSR count). The third-order valence-corrected chi connectivity index (χ3v) is 6.30. The normalized spacial score (nSPS) is 15.1. The van der Waals surface area contributed by atoms with Crippen LogP contribution in [0.1, 0.15) is 16.7 Å². The number of ether oxygens (including phenoxy) is 1. The van der Waals surface area contributed by atoms with E-state index in [0.717, 1.165) is 23.3 Å². The van der Waals surface area contributed by atoms with E-state index in [1.807, 2.05) is 30.3 Å². The molecule has 0 spiro atoms. The van der Waals surface area contributed by atoms with Crippen molar-refractivity contribution in [1.29, 1.82) is 0 Å². The van der Waals surface area contributed by atoms with Crippen LogP contribution in [0.5, 0.6) is 5.75 Å². The zero-order valence-electron chi connectivity index (χ0n) is 21.2. The maximum absolute atomic E-state index is 13.8. The van der Waals surface area contributed by atoms with Gasteiger partial charge >= 0.3 is 6.18 Å². The molecule has 7 nitrogen and oxygen atoms in total. The van der Waals surface area contributed by atoms with Gasteiger partial charge in [0, 0.05) is 32.2 Å². The Balaban J connectivity index is 1.71. The van der Waals surface area contributed by atoms with Gasteiger partial charge in [0.15, 0.2) is 0 Å². The largest absolute Gasteiger partial charge is 0.452 e. The third kappa shape index (κ3) is 6.64. The van der Waals surface area contributed by atoms with Crippen LogP contribution in [-0.2, 0) is 28.9 Å². The summed E-state index contributed by atoms with van der Waals surface area (Å²) in [5, 5.41) is 3.52. The Hall–Kier alpha value is -4.18. The quantitative estimate of drug-likeness (QED) is 0.373. The molecule has 0 aliphatic carbocycles. The summed E-state index contributed by atoms with van der Waals surface area (Å²) in [5.41, 5.74) is 0.894. The Morgan fingerprint density at radius 2 is 1.72 bits per heavy atom. The topological polar surface area (TPSA) is 65.1 Å². The second-order valence-electron chi connectivity index (χ2n) is 8.95. The average molecular weight is 559 g/mol. The Morgan fingerprint density at radius 1 is 1.03 bits per heavy atom. The molecule has 3 aromatic carbocycles. The molecule has 1 unspecified atom stereocenters. The van der Waals surface area contributed by atoms with Crippen molar-refractivity contribution in [3.05, 3.63) is 112 Å². The number of nitrogens with zero attached hydrogens (tertiary/aromatic N) is 3. The maximum atomic E-state index is 13.8. The molecule has 11 heteroatoms. The number of amides is 2. The summed E-state index contributed by atoms with van der Waals surface area (Å²) in [6.07, 6.45) is -5.14. The molecule has 0 bridgehead atoms. The van der Waals surface area contributed by atoms with Crippen molar-refractivity contribution in [3.8, 4) is 5.75 Å². The number of carbonyl (C=O) groups is 2. The lowest BCUT2D eigenvalue weighted by atomic mass is 10.2. The first-order valence-corrected chi connectivity index (χ1v) is 12.3. The number of alkyl halides is 3. The number of likely N-dealkylation sites (N-methyl/N-ethyl adjacent to an activating group) is 1. The number of hydrogen-bond acceptors (Lipinski definition) is 5. The van der Waals surface area contributed by atoms with E-state index in [2.05, 4.69) is 5.32 Å². The van der Waals surface area contributed by atoms with E-state index in [1.54, 1.807) is 36.2 Å². The van der Waals surface area contributed by atoms with Gasteiger partial charge in [0.2, 0.25) is 6.41 Å². The van der Waals surface area contributed by atoms with E-state index in [1.165, 1.54) is 29.0 Å². The van der Waals surface area contributed by atoms with Crippen molar-refractivity contribution in [3.63, 3.8) is 0 Å². The van der Waals surface area contributed by atoms with Crippen molar-refractivity contribution in [2.24, 2.45) is 0 Å². The standard InChI is InChI=1S/C28H26ClF3N4O3/c1-34(16-19-7-4-3-5-8-19)26(38)24-25(35(2)18-37)33-27(36(24)17-20-11-13-22(29)14-12-20)39-23-10-6-9-21(15-23)28(30,31)32/h3-15,18,27,33H,16-17H2,1-2H3. The number of benzene rings is 3. The molecule has 1 aliphatic heterocycles. The van der Waals surface area contributed by atoms with Gasteiger partial charge in [0.05, 0.1) is 5.56 Å². The highest BCUT2D eigenvalue weighted by Crippen LogP contribution is 2.33. The van der Waals surface area contributed by atoms with Crippen LogP contribution in [-0.4, -0.2) is 47.5 Å². The van der Waals surface area contributed by atoms with Gasteiger partial charge in [-0.3, -0.25) is 9.59 Å². The molecule has 2 amide bonds. The van der Waals surface area contributed by atoms with Crippen LogP contribution in [0.4, 0.5) is 13.2 Å². The van der Waals surface area contributed by atoms with E-state index >= 15 is 0 Å². The fraction of sp³-hybridized carbons (Fsp3) is 0.214. The van der Waals surface area contributed by atoms with Gasteiger partial charge in [-0.25, -0.2) is 0 Å². The van der Waals surface area contributed by atoms with Crippen molar-refractivity contribution < 1.29 is 27.5 Å². The summed E-state index contributed by atoms with van der Waals surface area (Å²) >= 11 is 6.04. The van der Waals surface area contributed by atoms with Gasteiger partial charge in [-0.15, -0.1) is 0 Å². The van der Waals surface area contributed by atoms with Crippen LogP contribution in [0.2, 0.25) is 5.02 Å². The van der Waals surface area contributed by atoms with Gasteiger partial charge < -0.3 is 24.8 Å². The molecule has 39 heavy (non-hydrogen) atoms. The molecular formula is C28H26ClF3N4O3. The first kappa shape index (κ1) is 27.8. The minimum atomic E-state index is -4.56. The molecule has 0 aromatic heterocycles. The van der Waals surface area contributed by atoms with Gasteiger partial charge in [0.25, 0.3) is 12.3 Å². The molecule has 0 saturated carbocycles. The summed E-state index contributed by atoms with van der Waals surface area (Å²) in [6, 6.07) is 20.7. The van der Waals surface area contributed by atoms with E-state index in [0.29, 0.717) is 11.4 Å². The second kappa shape index (κ2) is 11.7. The fourth-order valence-corrected chi connectivity index (χ4v) is 4.21. The molecule has 204 valence electrons. The van der Waals surface area contributed by atoms with Gasteiger partial charge in [-0.1, -0.05) is 60.1 Å². The summed E-state index contributed by atoms with van der Waals surface area (Å²) in [4.78, 5) is 29.9. The minimum absolute atomic E-state index is 0.0668. The van der Waals surface area contributed by atoms with Crippen LogP contribution >= 0.6 is 11.6 Å². The molecule has 1 N–H and O–H groups in total. The Kier molecular flexibility index (Phi) is 8.35. The monoisotopic (exact) mass is 558 g/mol. The molecule has 0 saturated heterocycles. The van der Waals surface area contributed by atoms with Crippen molar-refractivity contribution in [2.75, 3.05) is 14.1 Å². The first-order valence-electron chi connectivity index (χ1n) is 11.9. The van der Waals surface area contributed by atoms with E-state index in [-0.39, 0.29) is 30.4 Å². The van der Waals surface area contributed by atoms with Crippen LogP contribution in [0.25, 0.3) is 0 Å². The lowest BCUT2D eigenvalue weighted by molar-refractivity contribution is -0.137.